The van der Waals surface area contributed by atoms with Crippen molar-refractivity contribution in [3.05, 3.63) is 204 Å². The smallest absolute Gasteiger partial charge is 0.119 e. The SMILES string of the molecule is CCCCCCOc1ccc(-n2c3ccccc3c3cc(C4(c5ccc6c(c5)c5ccccc5n6-c5ccc(OCCCCCC)cc5)c5ccccc5-c5ccccc54)ccc32)cc1. The Kier molecular flexibility index (Phi) is 11.0. The van der Waals surface area contributed by atoms with E-state index in [0.717, 1.165) is 48.9 Å². The third-order valence-electron chi connectivity index (χ3n) is 13.9. The minimum atomic E-state index is -0.575. The molecule has 0 radical (unpaired) electrons. The summed E-state index contributed by atoms with van der Waals surface area (Å²) < 4.78 is 17.2. The molecule has 10 aromatic rings. The normalized spacial score (nSPS) is 12.9. The fourth-order valence-electron chi connectivity index (χ4n) is 10.8. The molecular weight excluding hydrogens is 793 g/mol. The largest absolute Gasteiger partial charge is 0.494 e. The Bertz CT molecular complexity index is 3070. The van der Waals surface area contributed by atoms with Crippen molar-refractivity contribution in [2.75, 3.05) is 13.2 Å². The Morgan fingerprint density at radius 2 is 0.769 bits per heavy atom. The van der Waals surface area contributed by atoms with Crippen LogP contribution in [0, 0.1) is 0 Å². The van der Waals surface area contributed by atoms with Crippen LogP contribution in [0.3, 0.4) is 0 Å². The Morgan fingerprint density at radius 1 is 0.369 bits per heavy atom. The second-order valence-electron chi connectivity index (χ2n) is 17.8. The first-order chi connectivity index (χ1) is 32.2. The Morgan fingerprint density at radius 3 is 1.22 bits per heavy atom. The summed E-state index contributed by atoms with van der Waals surface area (Å²) in [6.45, 7) is 6.00. The number of rotatable bonds is 16. The molecule has 0 saturated carbocycles. The summed E-state index contributed by atoms with van der Waals surface area (Å²) >= 11 is 0. The maximum Gasteiger partial charge on any atom is 0.119 e. The van der Waals surface area contributed by atoms with Crippen molar-refractivity contribution in [3.8, 4) is 34.0 Å². The number of fused-ring (bicyclic) bond motifs is 9. The summed E-state index contributed by atoms with van der Waals surface area (Å²) in [6.07, 6.45) is 9.55. The van der Waals surface area contributed by atoms with Crippen LogP contribution in [0.5, 0.6) is 11.5 Å². The number of benzene rings is 8. The number of para-hydroxylation sites is 2. The molecule has 0 unspecified atom stereocenters. The fourth-order valence-corrected chi connectivity index (χ4v) is 10.8. The van der Waals surface area contributed by atoms with Crippen molar-refractivity contribution in [1.82, 2.24) is 9.13 Å². The number of hydrogen-bond donors (Lipinski definition) is 0. The molecule has 2 aromatic heterocycles. The predicted molar refractivity (Wildman–Crippen MR) is 272 cm³/mol. The van der Waals surface area contributed by atoms with E-state index in [1.54, 1.807) is 0 Å². The first kappa shape index (κ1) is 40.7. The maximum absolute atomic E-state index is 6.17. The van der Waals surface area contributed by atoms with Gasteiger partial charge in [0.1, 0.15) is 11.5 Å². The van der Waals surface area contributed by atoms with Gasteiger partial charge >= 0.3 is 0 Å². The van der Waals surface area contributed by atoms with Gasteiger partial charge in [0.05, 0.1) is 40.7 Å². The first-order valence-electron chi connectivity index (χ1n) is 23.9. The highest BCUT2D eigenvalue weighted by atomic mass is 16.5. The van der Waals surface area contributed by atoms with Gasteiger partial charge in [0, 0.05) is 32.9 Å². The first-order valence-corrected chi connectivity index (χ1v) is 23.9. The summed E-state index contributed by atoms with van der Waals surface area (Å²) in [5, 5.41) is 4.95. The van der Waals surface area contributed by atoms with Gasteiger partial charge in [0.15, 0.2) is 0 Å². The van der Waals surface area contributed by atoms with Gasteiger partial charge in [-0.2, -0.15) is 0 Å². The minimum Gasteiger partial charge on any atom is -0.494 e. The summed E-state index contributed by atoms with van der Waals surface area (Å²) in [5.74, 6) is 1.84. The Labute approximate surface area is 382 Å². The number of unbranched alkanes of at least 4 members (excludes halogenated alkanes) is 6. The molecule has 8 aromatic carbocycles. The molecule has 0 N–H and O–H groups in total. The lowest BCUT2D eigenvalue weighted by Gasteiger charge is -2.34. The van der Waals surface area contributed by atoms with E-state index in [4.69, 9.17) is 9.47 Å². The van der Waals surface area contributed by atoms with Crippen molar-refractivity contribution < 1.29 is 9.47 Å². The van der Waals surface area contributed by atoms with Crippen LogP contribution < -0.4 is 9.47 Å². The van der Waals surface area contributed by atoms with Crippen LogP contribution in [0.2, 0.25) is 0 Å². The molecule has 0 fully saturated rings. The molecule has 1 aliphatic carbocycles. The third-order valence-corrected chi connectivity index (χ3v) is 13.9. The van der Waals surface area contributed by atoms with Gasteiger partial charge in [-0.15, -0.1) is 0 Å². The second kappa shape index (κ2) is 17.5. The van der Waals surface area contributed by atoms with Crippen LogP contribution in [-0.2, 0) is 5.41 Å². The molecule has 0 saturated heterocycles. The molecule has 4 heteroatoms. The van der Waals surface area contributed by atoms with E-state index in [2.05, 4.69) is 205 Å². The summed E-state index contributed by atoms with van der Waals surface area (Å²) in [7, 11) is 0. The topological polar surface area (TPSA) is 28.3 Å². The molecule has 65 heavy (non-hydrogen) atoms. The van der Waals surface area contributed by atoms with E-state index in [1.807, 2.05) is 0 Å². The van der Waals surface area contributed by atoms with Crippen LogP contribution in [0.25, 0.3) is 66.1 Å². The molecule has 0 aliphatic heterocycles. The number of nitrogens with zero attached hydrogens (tertiary/aromatic N) is 2. The highest BCUT2D eigenvalue weighted by molar-refractivity contribution is 6.11. The second-order valence-corrected chi connectivity index (χ2v) is 17.8. The highest BCUT2D eigenvalue weighted by Crippen LogP contribution is 2.57. The van der Waals surface area contributed by atoms with E-state index in [1.165, 1.54) is 116 Å². The van der Waals surface area contributed by atoms with Crippen LogP contribution in [-0.4, -0.2) is 22.3 Å². The lowest BCUT2D eigenvalue weighted by atomic mass is 9.67. The van der Waals surface area contributed by atoms with Gasteiger partial charge in [-0.05, 0) is 131 Å². The van der Waals surface area contributed by atoms with Gasteiger partial charge < -0.3 is 18.6 Å². The monoisotopic (exact) mass is 848 g/mol. The molecule has 0 atom stereocenters. The van der Waals surface area contributed by atoms with Gasteiger partial charge in [0.25, 0.3) is 0 Å². The van der Waals surface area contributed by atoms with Crippen molar-refractivity contribution in [1.29, 1.82) is 0 Å². The maximum atomic E-state index is 6.17. The van der Waals surface area contributed by atoms with Crippen LogP contribution in [0.4, 0.5) is 0 Å². The quantitative estimate of drug-likeness (QED) is 0.0906. The Hall–Kier alpha value is -7.04. The average Bonchev–Trinajstić information content (AvgIpc) is 3.98. The van der Waals surface area contributed by atoms with Gasteiger partial charge in [-0.3, -0.25) is 0 Å². The predicted octanol–water partition coefficient (Wildman–Crippen LogP) is 16.2. The zero-order valence-electron chi connectivity index (χ0n) is 37.6. The number of ether oxygens (including phenoxy) is 2. The molecule has 322 valence electrons. The molecular formula is C61H56N2O2. The average molecular weight is 849 g/mol. The third kappa shape index (κ3) is 6.98. The molecule has 1 aliphatic rings. The molecule has 4 nitrogen and oxygen atoms in total. The van der Waals surface area contributed by atoms with E-state index in [9.17, 15) is 0 Å². The van der Waals surface area contributed by atoms with Gasteiger partial charge in [-0.25, -0.2) is 0 Å². The molecule has 2 heterocycles. The molecule has 0 amide bonds. The minimum absolute atomic E-state index is 0.575. The van der Waals surface area contributed by atoms with Gasteiger partial charge in [-0.1, -0.05) is 149 Å². The zero-order valence-corrected chi connectivity index (χ0v) is 37.6. The van der Waals surface area contributed by atoms with E-state index in [0.29, 0.717) is 0 Å². The number of hydrogen-bond acceptors (Lipinski definition) is 2. The van der Waals surface area contributed by atoms with E-state index >= 15 is 0 Å². The lowest BCUT2D eigenvalue weighted by Crippen LogP contribution is -2.28. The van der Waals surface area contributed by atoms with Crippen molar-refractivity contribution in [2.45, 2.75) is 70.6 Å². The summed E-state index contributed by atoms with van der Waals surface area (Å²) in [4.78, 5) is 0. The van der Waals surface area contributed by atoms with Crippen molar-refractivity contribution >= 4 is 43.6 Å². The molecule has 11 rings (SSSR count). The summed E-state index contributed by atoms with van der Waals surface area (Å²) in [6, 6.07) is 67.6. The van der Waals surface area contributed by atoms with Gasteiger partial charge in [0.2, 0.25) is 0 Å². The van der Waals surface area contributed by atoms with Crippen molar-refractivity contribution in [3.63, 3.8) is 0 Å². The zero-order chi connectivity index (χ0) is 43.7. The fraction of sp³-hybridized carbons (Fsp3) is 0.213. The van der Waals surface area contributed by atoms with E-state index in [-0.39, 0.29) is 0 Å². The molecule has 0 bridgehead atoms. The standard InChI is InChI=1S/C61H56N2O2/c1-3-5-7-17-39-64-47-33-29-45(30-34-47)62-57-25-15-11-21-51(57)53-41-43(27-37-59(53)62)61(55-23-13-9-19-49(55)50-20-10-14-24-56(50)61)44-28-38-60-54(42-44)52-22-12-16-26-58(52)63(60)46-31-35-48(36-32-46)65-40-18-8-6-4-2/h9-16,19-38,41-42H,3-8,17-18,39-40H2,1-2H3. The lowest BCUT2D eigenvalue weighted by molar-refractivity contribution is 0.305. The Balaban J connectivity index is 1.06. The molecule has 0 spiro atoms. The number of aromatic nitrogens is 2. The summed E-state index contributed by atoms with van der Waals surface area (Å²) in [5.41, 5.74) is 14.1. The van der Waals surface area contributed by atoms with E-state index < -0.39 is 5.41 Å². The van der Waals surface area contributed by atoms with Crippen LogP contribution >= 0.6 is 0 Å². The van der Waals surface area contributed by atoms with Crippen LogP contribution in [0.1, 0.15) is 87.5 Å². The highest BCUT2D eigenvalue weighted by Gasteiger charge is 2.46. The van der Waals surface area contributed by atoms with Crippen LogP contribution in [0.15, 0.2) is 182 Å². The van der Waals surface area contributed by atoms with Crippen molar-refractivity contribution in [2.24, 2.45) is 0 Å².